The van der Waals surface area contributed by atoms with Crippen LogP contribution in [0.1, 0.15) is 5.56 Å². The zero-order valence-corrected chi connectivity index (χ0v) is 11.2. The molecule has 0 saturated heterocycles. The number of hydrogen-bond acceptors (Lipinski definition) is 3. The van der Waals surface area contributed by atoms with Crippen LogP contribution in [0, 0.1) is 0 Å². The van der Waals surface area contributed by atoms with Crippen LogP contribution in [0.25, 0.3) is 22.2 Å². The van der Waals surface area contributed by atoms with Crippen LogP contribution in [0.2, 0.25) is 5.02 Å². The molecular formula is C16H11ClN2O. The molecule has 0 unspecified atom stereocenters. The van der Waals surface area contributed by atoms with Crippen molar-refractivity contribution < 1.29 is 5.21 Å². The van der Waals surface area contributed by atoms with E-state index in [1.54, 1.807) is 0 Å². The van der Waals surface area contributed by atoms with E-state index in [9.17, 15) is 0 Å². The molecule has 0 aliphatic rings. The van der Waals surface area contributed by atoms with E-state index in [1.807, 2.05) is 54.6 Å². The molecule has 1 aromatic heterocycles. The lowest BCUT2D eigenvalue weighted by molar-refractivity contribution is 0.322. The highest BCUT2D eigenvalue weighted by atomic mass is 35.5. The van der Waals surface area contributed by atoms with Crippen LogP contribution >= 0.6 is 11.6 Å². The van der Waals surface area contributed by atoms with Crippen LogP contribution in [0.4, 0.5) is 0 Å². The van der Waals surface area contributed by atoms with E-state index < -0.39 is 0 Å². The Bertz CT molecular complexity index is 782. The average Bonchev–Trinajstić information content (AvgIpc) is 2.48. The quantitative estimate of drug-likeness (QED) is 0.431. The number of para-hydroxylation sites is 1. The second kappa shape index (κ2) is 5.31. The number of pyridine rings is 1. The normalized spacial score (nSPS) is 11.2. The molecule has 0 radical (unpaired) electrons. The third kappa shape index (κ3) is 2.36. The molecule has 0 aliphatic carbocycles. The lowest BCUT2D eigenvalue weighted by Crippen LogP contribution is -1.87. The molecule has 0 atom stereocenters. The molecule has 3 nitrogen and oxygen atoms in total. The van der Waals surface area contributed by atoms with Crippen LogP contribution in [-0.4, -0.2) is 16.4 Å². The van der Waals surface area contributed by atoms with E-state index in [0.29, 0.717) is 5.02 Å². The van der Waals surface area contributed by atoms with Crippen molar-refractivity contribution in [1.29, 1.82) is 0 Å². The molecule has 98 valence electrons. The van der Waals surface area contributed by atoms with Gasteiger partial charge in [-0.3, -0.25) is 0 Å². The maximum absolute atomic E-state index is 8.50. The first kappa shape index (κ1) is 12.6. The van der Waals surface area contributed by atoms with Crippen molar-refractivity contribution in [3.8, 4) is 11.3 Å². The van der Waals surface area contributed by atoms with E-state index in [4.69, 9.17) is 16.8 Å². The van der Waals surface area contributed by atoms with Gasteiger partial charge < -0.3 is 5.21 Å². The van der Waals surface area contributed by atoms with Gasteiger partial charge in [0.15, 0.2) is 0 Å². The van der Waals surface area contributed by atoms with E-state index in [0.717, 1.165) is 27.7 Å². The second-order valence-electron chi connectivity index (χ2n) is 4.37. The molecule has 2 aromatic carbocycles. The highest BCUT2D eigenvalue weighted by Crippen LogP contribution is 2.27. The highest BCUT2D eigenvalue weighted by molar-refractivity contribution is 6.35. The Balaban J connectivity index is 2.09. The summed E-state index contributed by atoms with van der Waals surface area (Å²) in [6.07, 6.45) is 1.38. The minimum atomic E-state index is 0.687. The smallest absolute Gasteiger partial charge is 0.0733 e. The van der Waals surface area contributed by atoms with Gasteiger partial charge in [0, 0.05) is 10.9 Å². The van der Waals surface area contributed by atoms with Gasteiger partial charge in [-0.25, -0.2) is 4.98 Å². The molecule has 1 N–H and O–H groups in total. The molecule has 0 spiro atoms. The predicted octanol–water partition coefficient (Wildman–Crippen LogP) is 4.36. The first-order chi connectivity index (χ1) is 9.78. The van der Waals surface area contributed by atoms with E-state index in [-0.39, 0.29) is 0 Å². The summed E-state index contributed by atoms with van der Waals surface area (Å²) in [5.74, 6) is 0. The van der Waals surface area contributed by atoms with Crippen molar-refractivity contribution in [1.82, 2.24) is 4.98 Å². The Labute approximate surface area is 121 Å². The fourth-order valence-electron chi connectivity index (χ4n) is 2.09. The third-order valence-electron chi connectivity index (χ3n) is 3.08. The Kier molecular flexibility index (Phi) is 3.35. The number of nitrogens with zero attached hydrogens (tertiary/aromatic N) is 2. The van der Waals surface area contributed by atoms with Gasteiger partial charge in [-0.15, -0.1) is 0 Å². The Morgan fingerprint density at radius 1 is 1.05 bits per heavy atom. The number of fused-ring (bicyclic) bond motifs is 1. The standard InChI is InChI=1S/C16H11ClN2O/c17-14-9-16(19-15-4-2-1-3-13(14)15)12-7-5-11(6-8-12)10-18-20/h1-10,20H/b18-10+. The van der Waals surface area contributed by atoms with Gasteiger partial charge in [0.1, 0.15) is 0 Å². The number of rotatable bonds is 2. The van der Waals surface area contributed by atoms with Gasteiger partial charge in [-0.05, 0) is 17.7 Å². The number of benzene rings is 2. The molecule has 3 aromatic rings. The molecule has 3 rings (SSSR count). The first-order valence-electron chi connectivity index (χ1n) is 6.11. The van der Waals surface area contributed by atoms with Gasteiger partial charge in [-0.2, -0.15) is 0 Å². The van der Waals surface area contributed by atoms with Crippen molar-refractivity contribution in [2.24, 2.45) is 5.16 Å². The molecule has 0 amide bonds. The summed E-state index contributed by atoms with van der Waals surface area (Å²) in [5, 5.41) is 13.1. The summed E-state index contributed by atoms with van der Waals surface area (Å²) < 4.78 is 0. The number of oxime groups is 1. The largest absolute Gasteiger partial charge is 0.411 e. The van der Waals surface area contributed by atoms with E-state index in [2.05, 4.69) is 10.1 Å². The van der Waals surface area contributed by atoms with Crippen molar-refractivity contribution in [3.05, 3.63) is 65.2 Å². The highest BCUT2D eigenvalue weighted by Gasteiger charge is 2.05. The maximum atomic E-state index is 8.50. The van der Waals surface area contributed by atoms with Gasteiger partial charge in [0.2, 0.25) is 0 Å². The Hall–Kier alpha value is -2.39. The maximum Gasteiger partial charge on any atom is 0.0733 e. The fourth-order valence-corrected chi connectivity index (χ4v) is 2.35. The summed E-state index contributed by atoms with van der Waals surface area (Å²) in [6.45, 7) is 0. The van der Waals surface area contributed by atoms with Crippen molar-refractivity contribution in [3.63, 3.8) is 0 Å². The zero-order valence-electron chi connectivity index (χ0n) is 10.5. The predicted molar refractivity (Wildman–Crippen MR) is 81.6 cm³/mol. The first-order valence-corrected chi connectivity index (χ1v) is 6.49. The van der Waals surface area contributed by atoms with Crippen LogP contribution in [-0.2, 0) is 0 Å². The molecular weight excluding hydrogens is 272 g/mol. The molecule has 0 bridgehead atoms. The van der Waals surface area contributed by atoms with Gasteiger partial charge in [0.25, 0.3) is 0 Å². The third-order valence-corrected chi connectivity index (χ3v) is 3.39. The second-order valence-corrected chi connectivity index (χ2v) is 4.78. The SMILES string of the molecule is O/N=C/c1ccc(-c2cc(Cl)c3ccccc3n2)cc1. The molecule has 0 fully saturated rings. The average molecular weight is 283 g/mol. The molecule has 20 heavy (non-hydrogen) atoms. The summed E-state index contributed by atoms with van der Waals surface area (Å²) in [5.41, 5.74) is 3.48. The summed E-state index contributed by atoms with van der Waals surface area (Å²) >= 11 is 6.30. The lowest BCUT2D eigenvalue weighted by Gasteiger charge is -2.05. The van der Waals surface area contributed by atoms with Crippen LogP contribution in [0.15, 0.2) is 59.8 Å². The zero-order chi connectivity index (χ0) is 13.9. The molecule has 0 aliphatic heterocycles. The fraction of sp³-hybridized carbons (Fsp3) is 0. The van der Waals surface area contributed by atoms with Crippen LogP contribution in [0.3, 0.4) is 0 Å². The van der Waals surface area contributed by atoms with E-state index >= 15 is 0 Å². The number of hydrogen-bond donors (Lipinski definition) is 1. The minimum absolute atomic E-state index is 0.687. The molecule has 4 heteroatoms. The summed E-state index contributed by atoms with van der Waals surface area (Å²) in [6, 6.07) is 17.2. The van der Waals surface area contributed by atoms with Gasteiger partial charge >= 0.3 is 0 Å². The Morgan fingerprint density at radius 2 is 1.80 bits per heavy atom. The van der Waals surface area contributed by atoms with Crippen molar-refractivity contribution in [2.45, 2.75) is 0 Å². The number of halogens is 1. The monoisotopic (exact) mass is 282 g/mol. The van der Waals surface area contributed by atoms with Crippen molar-refractivity contribution in [2.75, 3.05) is 0 Å². The van der Waals surface area contributed by atoms with Gasteiger partial charge in [-0.1, -0.05) is 59.2 Å². The molecule has 1 heterocycles. The lowest BCUT2D eigenvalue weighted by atomic mass is 10.1. The molecule has 0 saturated carbocycles. The van der Waals surface area contributed by atoms with Crippen LogP contribution in [0.5, 0.6) is 0 Å². The van der Waals surface area contributed by atoms with Crippen LogP contribution < -0.4 is 0 Å². The summed E-state index contributed by atoms with van der Waals surface area (Å²) in [7, 11) is 0. The topological polar surface area (TPSA) is 45.5 Å². The minimum Gasteiger partial charge on any atom is -0.411 e. The number of aromatic nitrogens is 1. The Morgan fingerprint density at radius 3 is 2.55 bits per heavy atom. The van der Waals surface area contributed by atoms with Crippen molar-refractivity contribution >= 4 is 28.7 Å². The van der Waals surface area contributed by atoms with Gasteiger partial charge in [0.05, 0.1) is 22.4 Å². The summed E-state index contributed by atoms with van der Waals surface area (Å²) in [4.78, 5) is 4.61. The van der Waals surface area contributed by atoms with E-state index in [1.165, 1.54) is 6.21 Å².